The molecule has 0 unspecified atom stereocenters. The van der Waals surface area contributed by atoms with Crippen molar-refractivity contribution in [2.24, 2.45) is 0 Å². The number of rotatable bonds is 3. The first-order valence-electron chi connectivity index (χ1n) is 9.31. The highest BCUT2D eigenvalue weighted by molar-refractivity contribution is 5.89. The van der Waals surface area contributed by atoms with E-state index in [1.165, 1.54) is 11.1 Å². The molecular weight excluding hydrogens is 334 g/mol. The SMILES string of the molecule is Cc1cc(C)n(-c2nc(NC3Cc4ccccc4C3)c3ccccc3n2)n1. The maximum Gasteiger partial charge on any atom is 0.253 e. The third kappa shape index (κ3) is 2.85. The Morgan fingerprint density at radius 3 is 2.33 bits per heavy atom. The van der Waals surface area contributed by atoms with Crippen LogP contribution in [0.1, 0.15) is 22.5 Å². The number of nitrogens with one attached hydrogen (secondary N) is 1. The molecular formula is C22H21N5. The third-order valence-corrected chi connectivity index (χ3v) is 5.18. The summed E-state index contributed by atoms with van der Waals surface area (Å²) in [5, 5.41) is 9.27. The van der Waals surface area contributed by atoms with E-state index in [9.17, 15) is 0 Å². The first-order valence-corrected chi connectivity index (χ1v) is 9.31. The number of para-hydroxylation sites is 1. The molecule has 5 nitrogen and oxygen atoms in total. The largest absolute Gasteiger partial charge is 0.366 e. The molecule has 0 aliphatic heterocycles. The van der Waals surface area contributed by atoms with Crippen LogP contribution in [0.4, 0.5) is 5.82 Å². The number of hydrogen-bond donors (Lipinski definition) is 1. The van der Waals surface area contributed by atoms with E-state index in [0.29, 0.717) is 12.0 Å². The zero-order chi connectivity index (χ0) is 18.4. The monoisotopic (exact) mass is 355 g/mol. The van der Waals surface area contributed by atoms with Crippen molar-refractivity contribution in [1.82, 2.24) is 19.7 Å². The highest BCUT2D eigenvalue weighted by atomic mass is 15.4. The zero-order valence-corrected chi connectivity index (χ0v) is 15.5. The summed E-state index contributed by atoms with van der Waals surface area (Å²) in [7, 11) is 0. The summed E-state index contributed by atoms with van der Waals surface area (Å²) in [5.41, 5.74) is 5.76. The van der Waals surface area contributed by atoms with E-state index in [4.69, 9.17) is 9.97 Å². The van der Waals surface area contributed by atoms with Gasteiger partial charge in [0.05, 0.1) is 11.2 Å². The van der Waals surface area contributed by atoms with Gasteiger partial charge in [0.15, 0.2) is 0 Å². The minimum atomic E-state index is 0.342. The predicted molar refractivity (Wildman–Crippen MR) is 107 cm³/mol. The van der Waals surface area contributed by atoms with Crippen molar-refractivity contribution < 1.29 is 0 Å². The Hall–Kier alpha value is -3.21. The summed E-state index contributed by atoms with van der Waals surface area (Å²) in [6.07, 6.45) is 2.04. The van der Waals surface area contributed by atoms with Crippen LogP contribution in [-0.2, 0) is 12.8 Å². The minimum absolute atomic E-state index is 0.342. The molecule has 27 heavy (non-hydrogen) atoms. The van der Waals surface area contributed by atoms with Gasteiger partial charge in [0.25, 0.3) is 5.95 Å². The van der Waals surface area contributed by atoms with Crippen LogP contribution >= 0.6 is 0 Å². The standard InChI is InChI=1S/C22H21N5/c1-14-11-15(2)27(26-14)22-24-20-10-6-5-9-19(20)21(25-22)23-18-12-16-7-3-4-8-17(16)13-18/h3-11,18H,12-13H2,1-2H3,(H,23,24,25). The first-order chi connectivity index (χ1) is 13.2. The lowest BCUT2D eigenvalue weighted by Gasteiger charge is -2.16. The maximum absolute atomic E-state index is 4.85. The highest BCUT2D eigenvalue weighted by Gasteiger charge is 2.22. The van der Waals surface area contributed by atoms with Gasteiger partial charge in [-0.05, 0) is 56.0 Å². The molecule has 0 amide bonds. The Kier molecular flexibility index (Phi) is 3.67. The maximum atomic E-state index is 4.85. The number of hydrogen-bond acceptors (Lipinski definition) is 4. The van der Waals surface area contributed by atoms with Crippen LogP contribution in [0.2, 0.25) is 0 Å². The van der Waals surface area contributed by atoms with Gasteiger partial charge < -0.3 is 5.32 Å². The lowest BCUT2D eigenvalue weighted by Crippen LogP contribution is -2.21. The average molecular weight is 355 g/mol. The Balaban J connectivity index is 1.56. The molecule has 5 rings (SSSR count). The number of aromatic nitrogens is 4. The molecule has 1 aliphatic carbocycles. The molecule has 0 bridgehead atoms. The van der Waals surface area contributed by atoms with Crippen LogP contribution < -0.4 is 5.32 Å². The molecule has 2 heterocycles. The lowest BCUT2D eigenvalue weighted by molar-refractivity contribution is 0.755. The van der Waals surface area contributed by atoms with Gasteiger partial charge in [0, 0.05) is 17.1 Å². The molecule has 0 spiro atoms. The summed E-state index contributed by atoms with van der Waals surface area (Å²) in [5.74, 6) is 1.48. The first kappa shape index (κ1) is 16.0. The Labute approximate surface area is 158 Å². The molecule has 1 N–H and O–H groups in total. The molecule has 0 atom stereocenters. The number of fused-ring (bicyclic) bond motifs is 2. The van der Waals surface area contributed by atoms with Crippen molar-refractivity contribution in [1.29, 1.82) is 0 Å². The van der Waals surface area contributed by atoms with E-state index >= 15 is 0 Å². The van der Waals surface area contributed by atoms with E-state index in [2.05, 4.69) is 40.7 Å². The van der Waals surface area contributed by atoms with Crippen molar-refractivity contribution in [3.05, 3.63) is 77.1 Å². The third-order valence-electron chi connectivity index (χ3n) is 5.18. The number of aryl methyl sites for hydroxylation is 2. The van der Waals surface area contributed by atoms with Gasteiger partial charge in [-0.25, -0.2) is 9.67 Å². The van der Waals surface area contributed by atoms with Crippen molar-refractivity contribution in [3.63, 3.8) is 0 Å². The number of benzene rings is 2. The van der Waals surface area contributed by atoms with Crippen LogP contribution in [-0.4, -0.2) is 25.8 Å². The van der Waals surface area contributed by atoms with Crippen molar-refractivity contribution in [2.75, 3.05) is 5.32 Å². The summed E-state index contributed by atoms with van der Waals surface area (Å²) in [6.45, 7) is 4.01. The number of nitrogens with zero attached hydrogens (tertiary/aromatic N) is 4. The summed E-state index contributed by atoms with van der Waals surface area (Å²) < 4.78 is 1.82. The fraction of sp³-hybridized carbons (Fsp3) is 0.227. The molecule has 2 aromatic carbocycles. The summed E-state index contributed by atoms with van der Waals surface area (Å²) >= 11 is 0. The minimum Gasteiger partial charge on any atom is -0.366 e. The number of anilines is 1. The molecule has 134 valence electrons. The second-order valence-corrected chi connectivity index (χ2v) is 7.25. The Morgan fingerprint density at radius 1 is 0.926 bits per heavy atom. The van der Waals surface area contributed by atoms with E-state index in [1.807, 2.05) is 42.8 Å². The summed E-state index contributed by atoms with van der Waals surface area (Å²) in [4.78, 5) is 9.59. The summed E-state index contributed by atoms with van der Waals surface area (Å²) in [6, 6.07) is 19.2. The van der Waals surface area contributed by atoms with E-state index in [-0.39, 0.29) is 0 Å². The van der Waals surface area contributed by atoms with Gasteiger partial charge in [-0.15, -0.1) is 0 Å². The van der Waals surface area contributed by atoms with Gasteiger partial charge in [-0.3, -0.25) is 0 Å². The van der Waals surface area contributed by atoms with Crippen LogP contribution in [0.15, 0.2) is 54.6 Å². The quantitative estimate of drug-likeness (QED) is 0.603. The highest BCUT2D eigenvalue weighted by Crippen LogP contribution is 2.27. The lowest BCUT2D eigenvalue weighted by atomic mass is 10.1. The molecule has 2 aromatic heterocycles. The average Bonchev–Trinajstić information content (AvgIpc) is 3.23. The van der Waals surface area contributed by atoms with Gasteiger partial charge in [-0.1, -0.05) is 36.4 Å². The molecule has 0 radical (unpaired) electrons. The van der Waals surface area contributed by atoms with Crippen molar-refractivity contribution in [2.45, 2.75) is 32.7 Å². The Morgan fingerprint density at radius 2 is 1.63 bits per heavy atom. The zero-order valence-electron chi connectivity index (χ0n) is 15.5. The molecule has 0 saturated heterocycles. The van der Waals surface area contributed by atoms with E-state index in [1.54, 1.807) is 0 Å². The van der Waals surface area contributed by atoms with Gasteiger partial charge >= 0.3 is 0 Å². The molecule has 0 saturated carbocycles. The molecule has 1 aliphatic rings. The van der Waals surface area contributed by atoms with Crippen LogP contribution in [0.3, 0.4) is 0 Å². The van der Waals surface area contributed by atoms with Crippen LogP contribution in [0.25, 0.3) is 16.9 Å². The van der Waals surface area contributed by atoms with Gasteiger partial charge in [0.2, 0.25) is 0 Å². The van der Waals surface area contributed by atoms with Gasteiger partial charge in [-0.2, -0.15) is 10.1 Å². The van der Waals surface area contributed by atoms with Gasteiger partial charge in [0.1, 0.15) is 5.82 Å². The molecule has 4 aromatic rings. The van der Waals surface area contributed by atoms with Crippen molar-refractivity contribution in [3.8, 4) is 5.95 Å². The second-order valence-electron chi connectivity index (χ2n) is 7.25. The molecule has 0 fully saturated rings. The normalized spacial score (nSPS) is 13.9. The van der Waals surface area contributed by atoms with Crippen molar-refractivity contribution >= 4 is 16.7 Å². The Bertz CT molecular complexity index is 1120. The molecule has 5 heteroatoms. The second kappa shape index (κ2) is 6.20. The fourth-order valence-electron chi connectivity index (χ4n) is 3.95. The van der Waals surface area contributed by atoms with Crippen LogP contribution in [0.5, 0.6) is 0 Å². The van der Waals surface area contributed by atoms with Crippen LogP contribution in [0, 0.1) is 13.8 Å². The topological polar surface area (TPSA) is 55.6 Å². The van der Waals surface area contributed by atoms with E-state index in [0.717, 1.165) is 41.0 Å². The predicted octanol–water partition coefficient (Wildman–Crippen LogP) is 4.01. The van der Waals surface area contributed by atoms with E-state index < -0.39 is 0 Å². The fourth-order valence-corrected chi connectivity index (χ4v) is 3.95. The smallest absolute Gasteiger partial charge is 0.253 e.